The van der Waals surface area contributed by atoms with Crippen LogP contribution in [-0.2, 0) is 9.47 Å². The number of rotatable bonds is 7. The molecule has 0 aliphatic carbocycles. The molecule has 2 heterocycles. The van der Waals surface area contributed by atoms with Crippen LogP contribution >= 0.6 is 0 Å². The van der Waals surface area contributed by atoms with E-state index in [0.29, 0.717) is 6.04 Å². The maximum absolute atomic E-state index is 12.4. The zero-order chi connectivity index (χ0) is 17.6. The van der Waals surface area contributed by atoms with Gasteiger partial charge in [0.05, 0.1) is 6.61 Å². The van der Waals surface area contributed by atoms with Gasteiger partial charge in [-0.05, 0) is 59.4 Å². The largest absolute Gasteiger partial charge is 0.444 e. The predicted octanol–water partition coefficient (Wildman–Crippen LogP) is 3.67. The van der Waals surface area contributed by atoms with Gasteiger partial charge in [0.15, 0.2) is 0 Å². The van der Waals surface area contributed by atoms with Crippen molar-refractivity contribution in [2.75, 3.05) is 32.8 Å². The van der Waals surface area contributed by atoms with Gasteiger partial charge in [-0.1, -0.05) is 13.3 Å². The van der Waals surface area contributed by atoms with E-state index >= 15 is 0 Å². The lowest BCUT2D eigenvalue weighted by Gasteiger charge is -2.33. The molecule has 2 atom stereocenters. The molecule has 1 amide bonds. The van der Waals surface area contributed by atoms with Crippen molar-refractivity contribution in [3.8, 4) is 0 Å². The number of carbonyl (C=O) groups is 1. The first kappa shape index (κ1) is 19.5. The van der Waals surface area contributed by atoms with Gasteiger partial charge in [0, 0.05) is 31.8 Å². The van der Waals surface area contributed by atoms with Crippen LogP contribution in [0.2, 0.25) is 0 Å². The minimum absolute atomic E-state index is 0.153. The predicted molar refractivity (Wildman–Crippen MR) is 96.3 cm³/mol. The van der Waals surface area contributed by atoms with Crippen LogP contribution in [0.15, 0.2) is 0 Å². The number of carbonyl (C=O) groups excluding carboxylic acids is 1. The summed E-state index contributed by atoms with van der Waals surface area (Å²) in [6.07, 6.45) is 6.78. The van der Waals surface area contributed by atoms with Crippen molar-refractivity contribution in [3.63, 3.8) is 0 Å². The first-order chi connectivity index (χ1) is 11.4. The minimum Gasteiger partial charge on any atom is -0.444 e. The summed E-state index contributed by atoms with van der Waals surface area (Å²) in [6, 6.07) is 0.805. The highest BCUT2D eigenvalue weighted by Crippen LogP contribution is 2.25. The normalized spacial score (nSPS) is 25.4. The smallest absolute Gasteiger partial charge is 0.410 e. The fourth-order valence-electron chi connectivity index (χ4n) is 3.65. The van der Waals surface area contributed by atoms with E-state index in [4.69, 9.17) is 9.47 Å². The highest BCUT2D eigenvalue weighted by atomic mass is 16.6. The van der Waals surface area contributed by atoms with Gasteiger partial charge in [0.2, 0.25) is 0 Å². The van der Waals surface area contributed by atoms with Crippen LogP contribution in [0.4, 0.5) is 4.79 Å². The van der Waals surface area contributed by atoms with Gasteiger partial charge in [-0.15, -0.1) is 0 Å². The van der Waals surface area contributed by atoms with Gasteiger partial charge in [-0.2, -0.15) is 0 Å². The van der Waals surface area contributed by atoms with E-state index in [1.54, 1.807) is 0 Å². The third-order valence-corrected chi connectivity index (χ3v) is 4.90. The molecule has 0 saturated carbocycles. The average molecular weight is 341 g/mol. The molecule has 140 valence electrons. The summed E-state index contributed by atoms with van der Waals surface area (Å²) in [5, 5.41) is 0. The van der Waals surface area contributed by atoms with E-state index < -0.39 is 5.60 Å². The summed E-state index contributed by atoms with van der Waals surface area (Å²) in [5.74, 6) is 0. The Labute approximate surface area is 147 Å². The third-order valence-electron chi connectivity index (χ3n) is 4.90. The number of hydrogen-bond acceptors (Lipinski definition) is 4. The molecule has 0 spiro atoms. The van der Waals surface area contributed by atoms with E-state index in [-0.39, 0.29) is 12.1 Å². The number of amides is 1. The second-order valence-corrected chi connectivity index (χ2v) is 8.19. The molecule has 0 N–H and O–H groups in total. The second kappa shape index (κ2) is 9.04. The van der Waals surface area contributed by atoms with E-state index in [1.807, 2.05) is 25.7 Å². The average Bonchev–Trinajstić information content (AvgIpc) is 3.12. The number of unbranched alkanes of at least 4 members (excludes halogenated alkanes) is 1. The third kappa shape index (κ3) is 5.92. The van der Waals surface area contributed by atoms with E-state index in [0.717, 1.165) is 52.1 Å². The van der Waals surface area contributed by atoms with Crippen molar-refractivity contribution in [2.45, 2.75) is 83.9 Å². The van der Waals surface area contributed by atoms with Crippen molar-refractivity contribution >= 4 is 6.09 Å². The quantitative estimate of drug-likeness (QED) is 0.663. The maximum atomic E-state index is 12.4. The van der Waals surface area contributed by atoms with Crippen LogP contribution in [0.25, 0.3) is 0 Å². The molecule has 2 rings (SSSR count). The summed E-state index contributed by atoms with van der Waals surface area (Å²) in [4.78, 5) is 16.9. The standard InChI is InChI=1S/C19H36N2O3/c1-5-6-13-23-15-17-10-7-11-20(17)14-16-9-8-12-21(16)18(22)24-19(2,3)4/h16-17H,5-15H2,1-4H3/t16-,17-/m0/s1. The van der Waals surface area contributed by atoms with Crippen LogP contribution in [0.5, 0.6) is 0 Å². The lowest BCUT2D eigenvalue weighted by molar-refractivity contribution is 0.0166. The number of hydrogen-bond donors (Lipinski definition) is 0. The van der Waals surface area contributed by atoms with Gasteiger partial charge in [0.25, 0.3) is 0 Å². The molecular weight excluding hydrogens is 304 g/mol. The molecule has 2 fully saturated rings. The Morgan fingerprint density at radius 1 is 1.12 bits per heavy atom. The van der Waals surface area contributed by atoms with Crippen molar-refractivity contribution in [2.24, 2.45) is 0 Å². The number of likely N-dealkylation sites (tertiary alicyclic amines) is 2. The topological polar surface area (TPSA) is 42.0 Å². The SMILES string of the molecule is CCCCOC[C@@H]1CCCN1C[C@@H]1CCCN1C(=O)OC(C)(C)C. The Balaban J connectivity index is 1.83. The first-order valence-corrected chi connectivity index (χ1v) is 9.72. The fraction of sp³-hybridized carbons (Fsp3) is 0.947. The van der Waals surface area contributed by atoms with Gasteiger partial charge in [-0.25, -0.2) is 4.79 Å². The molecular formula is C19H36N2O3. The van der Waals surface area contributed by atoms with Crippen LogP contribution in [0, 0.1) is 0 Å². The second-order valence-electron chi connectivity index (χ2n) is 8.19. The van der Waals surface area contributed by atoms with Crippen LogP contribution in [0.1, 0.15) is 66.2 Å². The molecule has 24 heavy (non-hydrogen) atoms. The molecule has 2 aliphatic rings. The van der Waals surface area contributed by atoms with Crippen molar-refractivity contribution in [1.82, 2.24) is 9.80 Å². The number of ether oxygens (including phenoxy) is 2. The fourth-order valence-corrected chi connectivity index (χ4v) is 3.65. The molecule has 0 radical (unpaired) electrons. The Kier molecular flexibility index (Phi) is 7.35. The molecule has 2 aliphatic heterocycles. The Morgan fingerprint density at radius 3 is 2.54 bits per heavy atom. The summed E-state index contributed by atoms with van der Waals surface area (Å²) in [5.41, 5.74) is -0.423. The van der Waals surface area contributed by atoms with Crippen molar-refractivity contribution in [3.05, 3.63) is 0 Å². The zero-order valence-corrected chi connectivity index (χ0v) is 16.1. The van der Waals surface area contributed by atoms with Gasteiger partial charge >= 0.3 is 6.09 Å². The van der Waals surface area contributed by atoms with Crippen LogP contribution < -0.4 is 0 Å². The van der Waals surface area contributed by atoms with Gasteiger partial charge in [-0.3, -0.25) is 4.90 Å². The molecule has 5 heteroatoms. The highest BCUT2D eigenvalue weighted by Gasteiger charge is 2.35. The summed E-state index contributed by atoms with van der Waals surface area (Å²) in [6.45, 7) is 12.6. The van der Waals surface area contributed by atoms with Crippen molar-refractivity contribution in [1.29, 1.82) is 0 Å². The van der Waals surface area contributed by atoms with E-state index in [9.17, 15) is 4.79 Å². The molecule has 0 bridgehead atoms. The lowest BCUT2D eigenvalue weighted by Crippen LogP contribution is -2.47. The molecule has 0 aromatic rings. The van der Waals surface area contributed by atoms with E-state index in [2.05, 4.69) is 11.8 Å². The molecule has 0 unspecified atom stereocenters. The van der Waals surface area contributed by atoms with E-state index in [1.165, 1.54) is 19.3 Å². The summed E-state index contributed by atoms with van der Waals surface area (Å²) < 4.78 is 11.4. The molecule has 0 aromatic heterocycles. The zero-order valence-electron chi connectivity index (χ0n) is 16.1. The Hall–Kier alpha value is -0.810. The van der Waals surface area contributed by atoms with Gasteiger partial charge in [0.1, 0.15) is 5.60 Å². The molecule has 0 aromatic carbocycles. The Bertz CT molecular complexity index is 395. The van der Waals surface area contributed by atoms with Crippen molar-refractivity contribution < 1.29 is 14.3 Å². The Morgan fingerprint density at radius 2 is 1.83 bits per heavy atom. The minimum atomic E-state index is -0.423. The number of nitrogens with zero attached hydrogens (tertiary/aromatic N) is 2. The lowest BCUT2D eigenvalue weighted by atomic mass is 10.2. The monoisotopic (exact) mass is 340 g/mol. The van der Waals surface area contributed by atoms with Crippen LogP contribution in [-0.4, -0.2) is 66.4 Å². The summed E-state index contributed by atoms with van der Waals surface area (Å²) >= 11 is 0. The molecule has 2 saturated heterocycles. The van der Waals surface area contributed by atoms with Crippen LogP contribution in [0.3, 0.4) is 0 Å². The van der Waals surface area contributed by atoms with Gasteiger partial charge < -0.3 is 14.4 Å². The highest BCUT2D eigenvalue weighted by molar-refractivity contribution is 5.69. The summed E-state index contributed by atoms with van der Waals surface area (Å²) in [7, 11) is 0. The molecule has 5 nitrogen and oxygen atoms in total. The maximum Gasteiger partial charge on any atom is 0.410 e. The first-order valence-electron chi connectivity index (χ1n) is 9.72.